The van der Waals surface area contributed by atoms with Gasteiger partial charge in [0, 0.05) is 41.4 Å². The van der Waals surface area contributed by atoms with Crippen LogP contribution in [0.5, 0.6) is 5.88 Å². The summed E-state index contributed by atoms with van der Waals surface area (Å²) in [5.41, 5.74) is -0.893. The van der Waals surface area contributed by atoms with Crippen LogP contribution in [-0.2, 0) is 20.9 Å². The number of carboxylic acid groups (broad SMARTS) is 3. The molecule has 0 saturated carbocycles. The molecular weight excluding hydrogens is 541 g/mol. The van der Waals surface area contributed by atoms with Gasteiger partial charge in [-0.2, -0.15) is 0 Å². The Labute approximate surface area is 228 Å². The molecule has 0 fully saturated rings. The van der Waals surface area contributed by atoms with Gasteiger partial charge in [-0.25, -0.2) is 0 Å². The molecule has 1 aromatic heterocycles. The van der Waals surface area contributed by atoms with E-state index in [0.29, 0.717) is 24.1 Å². The monoisotopic (exact) mass is 566 g/mol. The molecular formula is C25H26Cl2N3O8-3. The number of aliphatic carboxylic acids is 3. The van der Waals surface area contributed by atoms with Crippen molar-refractivity contribution in [1.82, 2.24) is 14.7 Å². The van der Waals surface area contributed by atoms with E-state index >= 15 is 0 Å². The molecule has 1 heterocycles. The van der Waals surface area contributed by atoms with Crippen LogP contribution in [0.1, 0.15) is 24.8 Å². The van der Waals surface area contributed by atoms with Crippen LogP contribution in [-0.4, -0.2) is 70.5 Å². The zero-order chi connectivity index (χ0) is 28.5. The summed E-state index contributed by atoms with van der Waals surface area (Å²) >= 11 is 12.1. The third-order valence-electron chi connectivity index (χ3n) is 5.17. The van der Waals surface area contributed by atoms with Gasteiger partial charge in [-0.15, -0.1) is 5.10 Å². The molecule has 0 aliphatic heterocycles. The van der Waals surface area contributed by atoms with Crippen LogP contribution < -0.4 is 20.1 Å². The minimum Gasteiger partial charge on any atom is -0.550 e. The SMILES string of the molecule is CN(C)CCCOc1nn(Cc2ccc(Cl)cc2)c2cc(Cl)ccc12.O=C([O-])CC(O)(CC(=O)[O-])C(=O)[O-]. The Morgan fingerprint density at radius 2 is 1.58 bits per heavy atom. The van der Waals surface area contributed by atoms with Crippen molar-refractivity contribution in [3.63, 3.8) is 0 Å². The number of benzene rings is 2. The number of halogens is 2. The number of nitrogens with zero attached hydrogens (tertiary/aromatic N) is 3. The minimum atomic E-state index is -2.97. The topological polar surface area (TPSA) is 171 Å². The maximum absolute atomic E-state index is 10.1. The summed E-state index contributed by atoms with van der Waals surface area (Å²) in [4.78, 5) is 32.1. The summed E-state index contributed by atoms with van der Waals surface area (Å²) in [6.07, 6.45) is -1.77. The van der Waals surface area contributed by atoms with Gasteiger partial charge in [-0.1, -0.05) is 35.3 Å². The third kappa shape index (κ3) is 9.49. The van der Waals surface area contributed by atoms with Crippen LogP contribution in [0, 0.1) is 0 Å². The highest BCUT2D eigenvalue weighted by Crippen LogP contribution is 2.28. The number of ether oxygens (including phenoxy) is 1. The van der Waals surface area contributed by atoms with Crippen LogP contribution in [0.4, 0.5) is 0 Å². The smallest absolute Gasteiger partial charge is 0.240 e. The molecule has 0 aliphatic carbocycles. The van der Waals surface area contributed by atoms with Gasteiger partial charge in [-0.05, 0) is 56.4 Å². The Bertz CT molecular complexity index is 1250. The van der Waals surface area contributed by atoms with Crippen molar-refractivity contribution in [3.05, 3.63) is 58.1 Å². The molecule has 0 atom stereocenters. The summed E-state index contributed by atoms with van der Waals surface area (Å²) in [6.45, 7) is 2.25. The van der Waals surface area contributed by atoms with E-state index in [0.717, 1.165) is 34.5 Å². The number of carbonyl (C=O) groups is 3. The lowest BCUT2D eigenvalue weighted by Crippen LogP contribution is -2.54. The van der Waals surface area contributed by atoms with Crippen molar-refractivity contribution in [2.75, 3.05) is 27.2 Å². The molecule has 0 spiro atoms. The maximum Gasteiger partial charge on any atom is 0.240 e. The van der Waals surface area contributed by atoms with Crippen LogP contribution >= 0.6 is 23.2 Å². The summed E-state index contributed by atoms with van der Waals surface area (Å²) in [5.74, 6) is -5.33. The van der Waals surface area contributed by atoms with E-state index < -0.39 is 36.4 Å². The number of carbonyl (C=O) groups excluding carboxylic acids is 3. The number of hydrogen-bond donors (Lipinski definition) is 1. The molecule has 0 radical (unpaired) electrons. The average Bonchev–Trinajstić information content (AvgIpc) is 3.13. The summed E-state index contributed by atoms with van der Waals surface area (Å²) in [6, 6.07) is 13.5. The first-order valence-corrected chi connectivity index (χ1v) is 12.1. The van der Waals surface area contributed by atoms with E-state index in [9.17, 15) is 29.7 Å². The quantitative estimate of drug-likeness (QED) is 0.281. The Hall–Kier alpha value is -3.38. The van der Waals surface area contributed by atoms with Gasteiger partial charge in [0.25, 0.3) is 0 Å². The van der Waals surface area contributed by atoms with Gasteiger partial charge in [0.2, 0.25) is 5.88 Å². The minimum absolute atomic E-state index is 0.633. The number of rotatable bonds is 12. The van der Waals surface area contributed by atoms with Gasteiger partial charge in [0.05, 0.1) is 30.0 Å². The van der Waals surface area contributed by atoms with Gasteiger partial charge >= 0.3 is 0 Å². The van der Waals surface area contributed by atoms with E-state index in [-0.39, 0.29) is 0 Å². The zero-order valence-corrected chi connectivity index (χ0v) is 22.2. The highest BCUT2D eigenvalue weighted by molar-refractivity contribution is 6.31. The average molecular weight is 567 g/mol. The summed E-state index contributed by atoms with van der Waals surface area (Å²) < 4.78 is 7.85. The molecule has 0 bridgehead atoms. The lowest BCUT2D eigenvalue weighted by molar-refractivity contribution is -0.339. The van der Waals surface area contributed by atoms with E-state index in [1.165, 1.54) is 0 Å². The highest BCUT2D eigenvalue weighted by Gasteiger charge is 2.29. The van der Waals surface area contributed by atoms with Crippen molar-refractivity contribution in [2.45, 2.75) is 31.4 Å². The first-order chi connectivity index (χ1) is 17.8. The molecule has 0 saturated heterocycles. The predicted molar refractivity (Wildman–Crippen MR) is 133 cm³/mol. The highest BCUT2D eigenvalue weighted by atomic mass is 35.5. The molecule has 1 N–H and O–H groups in total. The normalized spacial score (nSPS) is 11.2. The molecule has 0 unspecified atom stereocenters. The second-order valence-electron chi connectivity index (χ2n) is 8.67. The Morgan fingerprint density at radius 1 is 1.00 bits per heavy atom. The molecule has 3 rings (SSSR count). The largest absolute Gasteiger partial charge is 0.550 e. The number of hydrogen-bond acceptors (Lipinski definition) is 10. The lowest BCUT2D eigenvalue weighted by atomic mass is 9.96. The van der Waals surface area contributed by atoms with E-state index in [1.807, 2.05) is 47.1 Å². The van der Waals surface area contributed by atoms with Crippen molar-refractivity contribution in [1.29, 1.82) is 0 Å². The van der Waals surface area contributed by atoms with Crippen molar-refractivity contribution >= 4 is 52.0 Å². The predicted octanol–water partition coefficient (Wildman–Crippen LogP) is -0.531. The maximum atomic E-state index is 10.1. The number of fused-ring (bicyclic) bond motifs is 1. The first-order valence-electron chi connectivity index (χ1n) is 11.3. The lowest BCUT2D eigenvalue weighted by Gasteiger charge is -2.29. The van der Waals surface area contributed by atoms with Crippen molar-refractivity contribution in [3.8, 4) is 5.88 Å². The molecule has 0 aliphatic rings. The van der Waals surface area contributed by atoms with Gasteiger partial charge in [0.15, 0.2) is 0 Å². The summed E-state index contributed by atoms with van der Waals surface area (Å²) in [7, 11) is 4.11. The zero-order valence-electron chi connectivity index (χ0n) is 20.7. The molecule has 0 amide bonds. The Balaban J connectivity index is 0.000000332. The van der Waals surface area contributed by atoms with Crippen molar-refractivity contribution in [2.24, 2.45) is 0 Å². The number of aliphatic hydroxyl groups is 1. The Morgan fingerprint density at radius 3 is 2.11 bits per heavy atom. The molecule has 13 heteroatoms. The second-order valence-corrected chi connectivity index (χ2v) is 9.55. The molecule has 2 aromatic carbocycles. The van der Waals surface area contributed by atoms with Crippen molar-refractivity contribution < 1.29 is 39.5 Å². The summed E-state index contributed by atoms with van der Waals surface area (Å²) in [5, 5.41) is 46.0. The van der Waals surface area contributed by atoms with E-state index in [2.05, 4.69) is 24.1 Å². The van der Waals surface area contributed by atoms with Crippen LogP contribution in [0.15, 0.2) is 42.5 Å². The third-order valence-corrected chi connectivity index (χ3v) is 5.65. The van der Waals surface area contributed by atoms with Gasteiger partial charge in [-0.3, -0.25) is 4.68 Å². The fourth-order valence-electron chi connectivity index (χ4n) is 3.34. The number of carboxylic acids is 3. The second kappa shape index (κ2) is 14.0. The molecule has 206 valence electrons. The molecule has 38 heavy (non-hydrogen) atoms. The van der Waals surface area contributed by atoms with E-state index in [4.69, 9.17) is 33.0 Å². The van der Waals surface area contributed by atoms with Gasteiger partial charge in [0.1, 0.15) is 5.60 Å². The fourth-order valence-corrected chi connectivity index (χ4v) is 3.63. The van der Waals surface area contributed by atoms with Crippen LogP contribution in [0.3, 0.4) is 0 Å². The standard InChI is InChI=1S/C19H21Cl2N3O.C6H8O7/c1-23(2)10-3-11-25-19-17-9-8-16(21)12-18(17)24(22-19)13-14-4-6-15(20)7-5-14;7-3(8)1-6(13,5(11)12)2-4(9)10/h4-9,12H,3,10-11,13H2,1-2H3;13H,1-2H2,(H,7,8)(H,9,10)(H,11,12)/p-3. The fraction of sp³-hybridized carbons (Fsp3) is 0.360. The molecule has 3 aromatic rings. The van der Waals surface area contributed by atoms with Crippen LogP contribution in [0.2, 0.25) is 10.0 Å². The number of aromatic nitrogens is 2. The van der Waals surface area contributed by atoms with E-state index in [1.54, 1.807) is 0 Å². The first kappa shape index (κ1) is 30.8. The Kier molecular flexibility index (Phi) is 11.3. The molecule has 11 nitrogen and oxygen atoms in total. The van der Waals surface area contributed by atoms with Gasteiger partial charge < -0.3 is 44.4 Å². The van der Waals surface area contributed by atoms with Crippen LogP contribution in [0.25, 0.3) is 10.9 Å².